The zero-order valence-electron chi connectivity index (χ0n) is 16.9. The number of aromatic nitrogens is 1. The van der Waals surface area contributed by atoms with Crippen molar-refractivity contribution in [3.63, 3.8) is 0 Å². The van der Waals surface area contributed by atoms with Gasteiger partial charge in [-0.05, 0) is 50.2 Å². The maximum absolute atomic E-state index is 14.3. The van der Waals surface area contributed by atoms with Crippen LogP contribution < -0.4 is 16.0 Å². The number of benzene rings is 1. The molecule has 1 saturated heterocycles. The summed E-state index contributed by atoms with van der Waals surface area (Å²) in [6.07, 6.45) is -2.30. The van der Waals surface area contributed by atoms with E-state index in [1.165, 1.54) is 30.5 Å². The summed E-state index contributed by atoms with van der Waals surface area (Å²) in [5.41, 5.74) is -0.0912. The molecule has 1 aliphatic rings. The van der Waals surface area contributed by atoms with Crippen molar-refractivity contribution in [1.29, 1.82) is 0 Å². The molecule has 1 aromatic carbocycles. The quantitative estimate of drug-likeness (QED) is 0.485. The number of rotatable bonds is 4. The Morgan fingerprint density at radius 2 is 1.73 bits per heavy atom. The lowest BCUT2D eigenvalue weighted by Crippen LogP contribution is -2.35. The van der Waals surface area contributed by atoms with Gasteiger partial charge in [0.15, 0.2) is 0 Å². The van der Waals surface area contributed by atoms with Gasteiger partial charge in [-0.2, -0.15) is 13.2 Å². The van der Waals surface area contributed by atoms with Crippen LogP contribution in [-0.2, 0) is 9.59 Å². The van der Waals surface area contributed by atoms with E-state index in [9.17, 15) is 27.2 Å². The van der Waals surface area contributed by atoms with Crippen LogP contribution in [0, 0.1) is 11.7 Å². The monoisotopic (exact) mass is 490 g/mol. The van der Waals surface area contributed by atoms with E-state index >= 15 is 0 Å². The molecule has 178 valence electrons. The van der Waals surface area contributed by atoms with E-state index in [-0.39, 0.29) is 28.9 Å². The number of amides is 2. The lowest BCUT2D eigenvalue weighted by Gasteiger charge is -2.22. The van der Waals surface area contributed by atoms with Crippen LogP contribution in [0.4, 0.5) is 29.1 Å². The van der Waals surface area contributed by atoms with Gasteiger partial charge in [0.2, 0.25) is 5.91 Å². The molecular weight excluding hydrogens is 472 g/mol. The van der Waals surface area contributed by atoms with Gasteiger partial charge in [0.25, 0.3) is 5.91 Å². The van der Waals surface area contributed by atoms with Crippen molar-refractivity contribution >= 4 is 40.9 Å². The summed E-state index contributed by atoms with van der Waals surface area (Å²) in [7, 11) is 0. The van der Waals surface area contributed by atoms with Crippen LogP contribution in [0.3, 0.4) is 0 Å². The van der Waals surface area contributed by atoms with Crippen molar-refractivity contribution in [1.82, 2.24) is 10.3 Å². The molecule has 0 saturated carbocycles. The van der Waals surface area contributed by atoms with E-state index in [2.05, 4.69) is 20.9 Å². The number of pyridine rings is 1. The van der Waals surface area contributed by atoms with Crippen LogP contribution in [-0.4, -0.2) is 47.1 Å². The Kier molecular flexibility index (Phi) is 9.12. The predicted octanol–water partition coefficient (Wildman–Crippen LogP) is 3.70. The number of hydrogen-bond acceptors (Lipinski definition) is 5. The maximum atomic E-state index is 14.3. The van der Waals surface area contributed by atoms with Gasteiger partial charge in [0.1, 0.15) is 11.6 Å². The second-order valence-corrected chi connectivity index (χ2v) is 7.23. The number of piperidine rings is 1. The first-order chi connectivity index (χ1) is 15.5. The molecule has 0 radical (unpaired) electrons. The Labute approximate surface area is 190 Å². The number of anilines is 2. The minimum atomic E-state index is -5.08. The molecule has 0 bridgehead atoms. The number of carbonyl (C=O) groups excluding carboxylic acids is 2. The highest BCUT2D eigenvalue weighted by Crippen LogP contribution is 2.23. The second-order valence-electron chi connectivity index (χ2n) is 6.79. The molecule has 0 aliphatic carbocycles. The van der Waals surface area contributed by atoms with E-state index in [1.807, 2.05) is 0 Å². The van der Waals surface area contributed by atoms with E-state index in [0.717, 1.165) is 13.1 Å². The fourth-order valence-corrected chi connectivity index (χ4v) is 2.92. The summed E-state index contributed by atoms with van der Waals surface area (Å²) in [5.74, 6) is -4.31. The molecular formula is C20H19ClF4N4O4. The van der Waals surface area contributed by atoms with Crippen LogP contribution in [0.5, 0.6) is 0 Å². The van der Waals surface area contributed by atoms with Gasteiger partial charge in [-0.1, -0.05) is 17.7 Å². The summed E-state index contributed by atoms with van der Waals surface area (Å²) in [4.78, 5) is 37.8. The molecule has 1 aliphatic heterocycles. The zero-order chi connectivity index (χ0) is 24.6. The molecule has 2 aromatic rings. The Balaban J connectivity index is 0.000000479. The summed E-state index contributed by atoms with van der Waals surface area (Å²) >= 11 is 5.76. The molecule has 0 unspecified atom stereocenters. The number of nitrogens with one attached hydrogen (secondary N) is 3. The largest absolute Gasteiger partial charge is 0.490 e. The van der Waals surface area contributed by atoms with Crippen LogP contribution in [0.1, 0.15) is 23.2 Å². The van der Waals surface area contributed by atoms with Crippen LogP contribution >= 0.6 is 11.6 Å². The minimum Gasteiger partial charge on any atom is -0.475 e. The molecule has 13 heteroatoms. The predicted molar refractivity (Wildman–Crippen MR) is 112 cm³/mol. The Bertz CT molecular complexity index is 997. The first-order valence-electron chi connectivity index (χ1n) is 9.52. The zero-order valence-corrected chi connectivity index (χ0v) is 17.6. The molecule has 3 rings (SSSR count). The summed E-state index contributed by atoms with van der Waals surface area (Å²) in [5, 5.41) is 15.9. The van der Waals surface area contributed by atoms with Crippen molar-refractivity contribution in [2.45, 2.75) is 19.0 Å². The first kappa shape index (κ1) is 26.0. The smallest absolute Gasteiger partial charge is 0.475 e. The van der Waals surface area contributed by atoms with Crippen LogP contribution in [0.15, 0.2) is 36.5 Å². The van der Waals surface area contributed by atoms with Gasteiger partial charge in [-0.3, -0.25) is 9.59 Å². The molecule has 0 atom stereocenters. The number of alkyl halides is 3. The molecule has 4 N–H and O–H groups in total. The minimum absolute atomic E-state index is 0.139. The number of carbonyl (C=O) groups is 3. The highest BCUT2D eigenvalue weighted by molar-refractivity contribution is 6.30. The highest BCUT2D eigenvalue weighted by atomic mass is 35.5. The molecule has 1 fully saturated rings. The average molecular weight is 491 g/mol. The number of carboxylic acids is 1. The lowest BCUT2D eigenvalue weighted by molar-refractivity contribution is -0.192. The molecule has 2 heterocycles. The number of aliphatic carboxylic acids is 1. The van der Waals surface area contributed by atoms with Gasteiger partial charge >= 0.3 is 12.1 Å². The number of hydrogen-bond donors (Lipinski definition) is 4. The maximum Gasteiger partial charge on any atom is 0.490 e. The van der Waals surface area contributed by atoms with E-state index in [4.69, 9.17) is 21.5 Å². The van der Waals surface area contributed by atoms with E-state index < -0.39 is 23.9 Å². The highest BCUT2D eigenvalue weighted by Gasteiger charge is 2.38. The third-order valence-corrected chi connectivity index (χ3v) is 4.64. The van der Waals surface area contributed by atoms with Crippen molar-refractivity contribution in [3.8, 4) is 0 Å². The molecule has 33 heavy (non-hydrogen) atoms. The molecule has 0 spiro atoms. The number of carboxylic acid groups (broad SMARTS) is 1. The fraction of sp³-hybridized carbons (Fsp3) is 0.300. The van der Waals surface area contributed by atoms with E-state index in [0.29, 0.717) is 17.9 Å². The number of nitrogens with zero attached hydrogens (tertiary/aromatic N) is 1. The van der Waals surface area contributed by atoms with Crippen molar-refractivity contribution < 1.29 is 37.1 Å². The van der Waals surface area contributed by atoms with Gasteiger partial charge < -0.3 is 21.1 Å². The van der Waals surface area contributed by atoms with E-state index in [1.54, 1.807) is 6.07 Å². The van der Waals surface area contributed by atoms with Crippen molar-refractivity contribution in [3.05, 3.63) is 52.9 Å². The topological polar surface area (TPSA) is 120 Å². The third-order valence-electron chi connectivity index (χ3n) is 4.42. The van der Waals surface area contributed by atoms with Crippen molar-refractivity contribution in [2.75, 3.05) is 23.7 Å². The summed E-state index contributed by atoms with van der Waals surface area (Å²) < 4.78 is 46.0. The van der Waals surface area contributed by atoms with Gasteiger partial charge in [0.05, 0.1) is 16.3 Å². The SMILES string of the molecule is O=C(Nc1ccc(Cl)cn1)c1c(F)cccc1NC(=O)C1CCNCC1.O=C(O)C(F)(F)F. The van der Waals surface area contributed by atoms with Gasteiger partial charge in [-0.15, -0.1) is 0 Å². The second kappa shape index (κ2) is 11.6. The Hall–Kier alpha value is -3.25. The molecule has 8 nitrogen and oxygen atoms in total. The molecule has 2 amide bonds. The van der Waals surface area contributed by atoms with Crippen LogP contribution in [0.25, 0.3) is 0 Å². The summed E-state index contributed by atoms with van der Waals surface area (Å²) in [6.45, 7) is 1.52. The Morgan fingerprint density at radius 1 is 1.09 bits per heavy atom. The van der Waals surface area contributed by atoms with Gasteiger partial charge in [-0.25, -0.2) is 14.2 Å². The standard InChI is InChI=1S/C18H18ClFN4O2.C2HF3O2/c19-12-4-5-15(22-10-12)24-18(26)16-13(20)2-1-3-14(16)23-17(25)11-6-8-21-9-7-11;3-2(4,5)1(6)7/h1-5,10-11,21H,6-9H2,(H,23,25)(H,22,24,26);(H,6,7). The average Bonchev–Trinajstić information content (AvgIpc) is 2.75. The summed E-state index contributed by atoms with van der Waals surface area (Å²) in [6, 6.07) is 7.20. The normalized spacial score (nSPS) is 14.0. The van der Waals surface area contributed by atoms with Crippen molar-refractivity contribution in [2.24, 2.45) is 5.92 Å². The Morgan fingerprint density at radius 3 is 2.27 bits per heavy atom. The number of halogens is 5. The van der Waals surface area contributed by atoms with Crippen LogP contribution in [0.2, 0.25) is 5.02 Å². The first-order valence-corrected chi connectivity index (χ1v) is 9.90. The fourth-order valence-electron chi connectivity index (χ4n) is 2.81. The third kappa shape index (κ3) is 7.99. The lowest BCUT2D eigenvalue weighted by atomic mass is 9.97. The van der Waals surface area contributed by atoms with Gasteiger partial charge in [0, 0.05) is 12.1 Å². The molecule has 1 aromatic heterocycles.